The number of aromatic nitrogens is 2. The first-order valence-electron chi connectivity index (χ1n) is 8.54. The smallest absolute Gasteiger partial charge is 0.307 e. The molecule has 0 aliphatic heterocycles. The van der Waals surface area contributed by atoms with Crippen molar-refractivity contribution in [3.05, 3.63) is 22.8 Å². The van der Waals surface area contributed by atoms with Crippen molar-refractivity contribution in [3.63, 3.8) is 0 Å². The Morgan fingerprint density at radius 3 is 2.88 bits per heavy atom. The van der Waals surface area contributed by atoms with Gasteiger partial charge in [0, 0.05) is 34.9 Å². The number of aryl methyl sites for hydroxylation is 1. The van der Waals surface area contributed by atoms with Gasteiger partial charge in [-0.1, -0.05) is 12.8 Å². The van der Waals surface area contributed by atoms with Crippen molar-refractivity contribution in [2.24, 2.45) is 0 Å². The summed E-state index contributed by atoms with van der Waals surface area (Å²) in [6.07, 6.45) is 5.51. The molecule has 0 atom stereocenters. The van der Waals surface area contributed by atoms with Gasteiger partial charge in [-0.3, -0.25) is 4.79 Å². The van der Waals surface area contributed by atoms with Gasteiger partial charge in [0.1, 0.15) is 0 Å². The molecule has 1 N–H and O–H groups in total. The molecule has 0 spiro atoms. The van der Waals surface area contributed by atoms with Crippen LogP contribution < -0.4 is 5.32 Å². The SMILES string of the molecule is COC(=O)CCn1c(C)cc(-c2csc(NC3CCCC3)n2)c1C. The number of nitrogens with zero attached hydrogens (tertiary/aromatic N) is 2. The lowest BCUT2D eigenvalue weighted by Crippen LogP contribution is -2.14. The third kappa shape index (κ3) is 3.64. The maximum absolute atomic E-state index is 11.4. The summed E-state index contributed by atoms with van der Waals surface area (Å²) in [7, 11) is 1.43. The number of rotatable bonds is 6. The molecule has 24 heavy (non-hydrogen) atoms. The fourth-order valence-corrected chi connectivity index (χ4v) is 4.21. The van der Waals surface area contributed by atoms with Crippen molar-refractivity contribution in [1.29, 1.82) is 0 Å². The molecule has 5 nitrogen and oxygen atoms in total. The first-order chi connectivity index (χ1) is 11.6. The molecule has 0 amide bonds. The molecule has 0 saturated heterocycles. The number of carbonyl (C=O) groups is 1. The van der Waals surface area contributed by atoms with Gasteiger partial charge >= 0.3 is 5.97 Å². The maximum Gasteiger partial charge on any atom is 0.307 e. The molecule has 2 aromatic rings. The molecule has 2 heterocycles. The van der Waals surface area contributed by atoms with Crippen LogP contribution >= 0.6 is 11.3 Å². The first kappa shape index (κ1) is 17.0. The van der Waals surface area contributed by atoms with Crippen LogP contribution in [-0.4, -0.2) is 28.7 Å². The standard InChI is InChI=1S/C18H25N3O2S/c1-12-10-15(13(2)21(12)9-8-17(22)23-3)16-11-24-18(20-16)19-14-6-4-5-7-14/h10-11,14H,4-9H2,1-3H3,(H,19,20). The van der Waals surface area contributed by atoms with Gasteiger partial charge < -0.3 is 14.6 Å². The molecule has 0 bridgehead atoms. The van der Waals surface area contributed by atoms with Gasteiger partial charge in [-0.2, -0.15) is 0 Å². The fraction of sp³-hybridized carbons (Fsp3) is 0.556. The Balaban J connectivity index is 1.74. The molecular formula is C18H25N3O2S. The van der Waals surface area contributed by atoms with Crippen molar-refractivity contribution in [2.45, 2.75) is 58.5 Å². The Hall–Kier alpha value is -1.82. The Morgan fingerprint density at radius 1 is 1.42 bits per heavy atom. The van der Waals surface area contributed by atoms with Gasteiger partial charge in [0.25, 0.3) is 0 Å². The van der Waals surface area contributed by atoms with Crippen molar-refractivity contribution < 1.29 is 9.53 Å². The predicted octanol–water partition coefficient (Wildman–Crippen LogP) is 4.15. The number of carbonyl (C=O) groups excluding carboxylic acids is 1. The minimum atomic E-state index is -0.180. The number of esters is 1. The summed E-state index contributed by atoms with van der Waals surface area (Å²) >= 11 is 1.67. The molecule has 0 radical (unpaired) electrons. The van der Waals surface area contributed by atoms with Gasteiger partial charge in [-0.05, 0) is 32.8 Å². The topological polar surface area (TPSA) is 56.1 Å². The average Bonchev–Trinajstić information content (AvgIpc) is 3.29. The van der Waals surface area contributed by atoms with Crippen LogP contribution in [0.15, 0.2) is 11.4 Å². The molecule has 3 rings (SSSR count). The largest absolute Gasteiger partial charge is 0.469 e. The van der Waals surface area contributed by atoms with Crippen LogP contribution in [-0.2, 0) is 16.1 Å². The van der Waals surface area contributed by atoms with Gasteiger partial charge in [0.05, 0.1) is 19.2 Å². The van der Waals surface area contributed by atoms with Gasteiger partial charge in [0.15, 0.2) is 5.13 Å². The Morgan fingerprint density at radius 2 is 2.17 bits per heavy atom. The van der Waals surface area contributed by atoms with Crippen molar-refractivity contribution in [1.82, 2.24) is 9.55 Å². The minimum Gasteiger partial charge on any atom is -0.469 e. The molecule has 1 saturated carbocycles. The van der Waals surface area contributed by atoms with Crippen LogP contribution in [0.3, 0.4) is 0 Å². The van der Waals surface area contributed by atoms with Gasteiger partial charge in [0.2, 0.25) is 0 Å². The van der Waals surface area contributed by atoms with E-state index >= 15 is 0 Å². The number of hydrogen-bond acceptors (Lipinski definition) is 5. The molecule has 1 fully saturated rings. The molecule has 2 aromatic heterocycles. The summed E-state index contributed by atoms with van der Waals surface area (Å²) in [6, 6.07) is 2.73. The summed E-state index contributed by atoms with van der Waals surface area (Å²) in [5.41, 5.74) is 4.45. The van der Waals surface area contributed by atoms with E-state index < -0.39 is 0 Å². The van der Waals surface area contributed by atoms with Gasteiger partial charge in [-0.25, -0.2) is 4.98 Å². The van der Waals surface area contributed by atoms with Crippen LogP contribution in [0.4, 0.5) is 5.13 Å². The summed E-state index contributed by atoms with van der Waals surface area (Å²) in [4.78, 5) is 16.2. The summed E-state index contributed by atoms with van der Waals surface area (Å²) < 4.78 is 6.90. The van der Waals surface area contributed by atoms with E-state index in [0.29, 0.717) is 19.0 Å². The van der Waals surface area contributed by atoms with Crippen LogP contribution in [0.5, 0.6) is 0 Å². The molecule has 0 aromatic carbocycles. The summed E-state index contributed by atoms with van der Waals surface area (Å²) in [5, 5.41) is 6.68. The zero-order valence-corrected chi connectivity index (χ0v) is 15.4. The second-order valence-electron chi connectivity index (χ2n) is 6.43. The zero-order valence-electron chi connectivity index (χ0n) is 14.6. The highest BCUT2D eigenvalue weighted by atomic mass is 32.1. The predicted molar refractivity (Wildman–Crippen MR) is 97.5 cm³/mol. The summed E-state index contributed by atoms with van der Waals surface area (Å²) in [6.45, 7) is 4.79. The molecule has 6 heteroatoms. The average molecular weight is 347 g/mol. The Bertz CT molecular complexity index is 714. The number of ether oxygens (including phenoxy) is 1. The Labute approximate surface area is 147 Å². The Kier molecular flexibility index (Phi) is 5.23. The lowest BCUT2D eigenvalue weighted by molar-refractivity contribution is -0.140. The number of thiazole rings is 1. The van der Waals surface area contributed by atoms with E-state index in [-0.39, 0.29) is 5.97 Å². The van der Waals surface area contributed by atoms with Crippen LogP contribution in [0.25, 0.3) is 11.3 Å². The summed E-state index contributed by atoms with van der Waals surface area (Å²) in [5.74, 6) is -0.180. The highest BCUT2D eigenvalue weighted by Crippen LogP contribution is 2.31. The van der Waals surface area contributed by atoms with E-state index in [4.69, 9.17) is 9.72 Å². The molecule has 0 unspecified atom stereocenters. The molecular weight excluding hydrogens is 322 g/mol. The highest BCUT2D eigenvalue weighted by molar-refractivity contribution is 7.14. The maximum atomic E-state index is 11.4. The molecule has 1 aliphatic rings. The second-order valence-corrected chi connectivity index (χ2v) is 7.28. The van der Waals surface area contributed by atoms with Gasteiger partial charge in [-0.15, -0.1) is 11.3 Å². The van der Waals surface area contributed by atoms with Crippen LogP contribution in [0.2, 0.25) is 0 Å². The quantitative estimate of drug-likeness (QED) is 0.798. The van der Waals surface area contributed by atoms with Crippen molar-refractivity contribution in [3.8, 4) is 11.3 Å². The normalized spacial score (nSPS) is 15.0. The van der Waals surface area contributed by atoms with E-state index in [9.17, 15) is 4.79 Å². The minimum absolute atomic E-state index is 0.180. The highest BCUT2D eigenvalue weighted by Gasteiger charge is 2.18. The number of methoxy groups -OCH3 is 1. The number of anilines is 1. The third-order valence-corrected chi connectivity index (χ3v) is 5.58. The molecule has 130 valence electrons. The monoisotopic (exact) mass is 347 g/mol. The van der Waals surface area contributed by atoms with E-state index in [1.807, 2.05) is 0 Å². The van der Waals surface area contributed by atoms with E-state index in [1.165, 1.54) is 32.8 Å². The van der Waals surface area contributed by atoms with E-state index in [2.05, 4.69) is 35.2 Å². The lowest BCUT2D eigenvalue weighted by atomic mass is 10.2. The lowest BCUT2D eigenvalue weighted by Gasteiger charge is -2.09. The van der Waals surface area contributed by atoms with Crippen LogP contribution in [0.1, 0.15) is 43.5 Å². The van der Waals surface area contributed by atoms with E-state index in [1.54, 1.807) is 11.3 Å². The fourth-order valence-electron chi connectivity index (χ4n) is 3.42. The van der Waals surface area contributed by atoms with Crippen molar-refractivity contribution in [2.75, 3.05) is 12.4 Å². The first-order valence-corrected chi connectivity index (χ1v) is 9.42. The number of nitrogens with one attached hydrogen (secondary N) is 1. The number of hydrogen-bond donors (Lipinski definition) is 1. The van der Waals surface area contributed by atoms with Crippen molar-refractivity contribution >= 4 is 22.4 Å². The van der Waals surface area contributed by atoms with E-state index in [0.717, 1.165) is 27.8 Å². The zero-order chi connectivity index (χ0) is 17.1. The third-order valence-electron chi connectivity index (χ3n) is 4.80. The van der Waals surface area contributed by atoms with Crippen LogP contribution in [0, 0.1) is 13.8 Å². The second kappa shape index (κ2) is 7.38. The molecule has 1 aliphatic carbocycles.